The van der Waals surface area contributed by atoms with E-state index >= 15 is 0 Å². The lowest BCUT2D eigenvalue weighted by atomic mass is 9.85. The molecule has 1 atom stereocenters. The number of nitrogens with one attached hydrogen (secondary N) is 1. The van der Waals surface area contributed by atoms with Crippen molar-refractivity contribution in [1.29, 1.82) is 0 Å². The van der Waals surface area contributed by atoms with Gasteiger partial charge in [-0.15, -0.1) is 0 Å². The molecule has 0 aliphatic heterocycles. The van der Waals surface area contributed by atoms with Crippen molar-refractivity contribution in [1.82, 2.24) is 0 Å². The summed E-state index contributed by atoms with van der Waals surface area (Å²) in [6, 6.07) is 5.22. The molecule has 100 valence electrons. The van der Waals surface area contributed by atoms with E-state index in [1.54, 1.807) is 12.1 Å². The zero-order valence-electron chi connectivity index (χ0n) is 11.4. The van der Waals surface area contributed by atoms with Crippen molar-refractivity contribution in [2.45, 2.75) is 40.2 Å². The highest BCUT2D eigenvalue weighted by molar-refractivity contribution is 6.30. The molecule has 1 unspecified atom stereocenters. The fourth-order valence-corrected chi connectivity index (χ4v) is 1.70. The molecule has 0 heterocycles. The highest BCUT2D eigenvalue weighted by Gasteiger charge is 2.23. The van der Waals surface area contributed by atoms with Gasteiger partial charge >= 0.3 is 0 Å². The van der Waals surface area contributed by atoms with E-state index in [9.17, 15) is 4.79 Å². The molecule has 0 bridgehead atoms. The molecule has 0 saturated carbocycles. The minimum absolute atomic E-state index is 0.0668. The Morgan fingerprint density at radius 3 is 2.56 bits per heavy atom. The molecule has 1 amide bonds. The number of carbonyl (C=O) groups excluding carboxylic acids is 1. The molecule has 4 heteroatoms. The van der Waals surface area contributed by atoms with Gasteiger partial charge in [0.25, 0.3) is 0 Å². The first-order valence-corrected chi connectivity index (χ1v) is 6.39. The van der Waals surface area contributed by atoms with Gasteiger partial charge in [-0.25, -0.2) is 0 Å². The van der Waals surface area contributed by atoms with E-state index in [1.807, 2.05) is 33.8 Å². The second-order valence-corrected chi connectivity index (χ2v) is 6.12. The Morgan fingerprint density at radius 1 is 1.44 bits per heavy atom. The Morgan fingerprint density at radius 2 is 2.06 bits per heavy atom. The molecule has 18 heavy (non-hydrogen) atoms. The number of nitrogens with two attached hydrogens (primary N) is 1. The topological polar surface area (TPSA) is 55.1 Å². The Hall–Kier alpha value is -1.06. The van der Waals surface area contributed by atoms with Crippen LogP contribution < -0.4 is 11.1 Å². The Bertz CT molecular complexity index is 438. The van der Waals surface area contributed by atoms with Crippen molar-refractivity contribution in [2.24, 2.45) is 11.1 Å². The van der Waals surface area contributed by atoms with Gasteiger partial charge in [-0.3, -0.25) is 4.79 Å². The molecular formula is C14H21ClN2O. The summed E-state index contributed by atoms with van der Waals surface area (Å²) in [7, 11) is 0. The van der Waals surface area contributed by atoms with Crippen molar-refractivity contribution in [3.05, 3.63) is 28.8 Å². The number of hydrogen-bond donors (Lipinski definition) is 2. The van der Waals surface area contributed by atoms with Crippen LogP contribution in [0.25, 0.3) is 0 Å². The third-order valence-electron chi connectivity index (χ3n) is 2.98. The van der Waals surface area contributed by atoms with Gasteiger partial charge in [-0.05, 0) is 36.1 Å². The summed E-state index contributed by atoms with van der Waals surface area (Å²) in [6.45, 7) is 7.99. The normalized spacial score (nSPS) is 13.2. The van der Waals surface area contributed by atoms with Crippen LogP contribution in [-0.2, 0) is 4.79 Å². The number of halogens is 1. The summed E-state index contributed by atoms with van der Waals surface area (Å²) < 4.78 is 0. The van der Waals surface area contributed by atoms with E-state index in [0.717, 1.165) is 11.3 Å². The van der Waals surface area contributed by atoms with E-state index in [2.05, 4.69) is 5.32 Å². The van der Waals surface area contributed by atoms with Gasteiger partial charge in [0.05, 0.1) is 0 Å². The van der Waals surface area contributed by atoms with Crippen molar-refractivity contribution < 1.29 is 4.79 Å². The molecule has 0 fully saturated rings. The standard InChI is InChI=1S/C14H21ClN2O/c1-9-7-10(15)5-6-11(9)17-13(18)8-12(16)14(2,3)4/h5-7,12H,8,16H2,1-4H3,(H,17,18). The summed E-state index contributed by atoms with van der Waals surface area (Å²) >= 11 is 5.86. The van der Waals surface area contributed by atoms with Gasteiger partial charge in [0, 0.05) is 23.2 Å². The van der Waals surface area contributed by atoms with Crippen LogP contribution in [0.3, 0.4) is 0 Å². The molecule has 1 aromatic rings. The summed E-state index contributed by atoms with van der Waals surface area (Å²) in [5.74, 6) is -0.0668. The predicted octanol–water partition coefficient (Wildman–Crippen LogP) is 3.35. The Labute approximate surface area is 114 Å². The summed E-state index contributed by atoms with van der Waals surface area (Å²) in [5, 5.41) is 3.53. The molecule has 0 aliphatic rings. The highest BCUT2D eigenvalue weighted by atomic mass is 35.5. The molecule has 0 aliphatic carbocycles. The maximum Gasteiger partial charge on any atom is 0.225 e. The summed E-state index contributed by atoms with van der Waals surface area (Å²) in [4.78, 5) is 11.9. The van der Waals surface area contributed by atoms with Gasteiger partial charge in [-0.1, -0.05) is 32.4 Å². The Kier molecular flexibility index (Phi) is 4.77. The van der Waals surface area contributed by atoms with Gasteiger partial charge in [0.2, 0.25) is 5.91 Å². The quantitative estimate of drug-likeness (QED) is 0.883. The van der Waals surface area contributed by atoms with E-state index in [4.69, 9.17) is 17.3 Å². The monoisotopic (exact) mass is 268 g/mol. The van der Waals surface area contributed by atoms with Gasteiger partial charge in [-0.2, -0.15) is 0 Å². The highest BCUT2D eigenvalue weighted by Crippen LogP contribution is 2.22. The van der Waals surface area contributed by atoms with E-state index in [0.29, 0.717) is 11.4 Å². The zero-order chi connectivity index (χ0) is 13.9. The number of aryl methyl sites for hydroxylation is 1. The van der Waals surface area contributed by atoms with E-state index in [1.165, 1.54) is 0 Å². The minimum atomic E-state index is -0.162. The fourth-order valence-electron chi connectivity index (χ4n) is 1.47. The lowest BCUT2D eigenvalue weighted by Crippen LogP contribution is -2.38. The average Bonchev–Trinajstić information content (AvgIpc) is 2.20. The SMILES string of the molecule is Cc1cc(Cl)ccc1NC(=O)CC(N)C(C)(C)C. The lowest BCUT2D eigenvalue weighted by molar-refractivity contribution is -0.117. The number of benzene rings is 1. The molecule has 3 nitrogen and oxygen atoms in total. The summed E-state index contributed by atoms with van der Waals surface area (Å²) in [5.41, 5.74) is 7.64. The maximum absolute atomic E-state index is 11.9. The molecule has 0 aromatic heterocycles. The number of carbonyl (C=O) groups is 1. The van der Waals surface area contributed by atoms with E-state index < -0.39 is 0 Å². The average molecular weight is 269 g/mol. The first kappa shape index (κ1) is 15.0. The van der Waals surface area contributed by atoms with Crippen LogP contribution in [0.15, 0.2) is 18.2 Å². The fraction of sp³-hybridized carbons (Fsp3) is 0.500. The molecule has 0 radical (unpaired) electrons. The summed E-state index contributed by atoms with van der Waals surface area (Å²) in [6.07, 6.45) is 0.311. The zero-order valence-corrected chi connectivity index (χ0v) is 12.1. The van der Waals surface area contributed by atoms with Crippen molar-refractivity contribution in [3.63, 3.8) is 0 Å². The molecular weight excluding hydrogens is 248 g/mol. The van der Waals surface area contributed by atoms with Crippen LogP contribution in [-0.4, -0.2) is 11.9 Å². The van der Waals surface area contributed by atoms with Crippen LogP contribution in [0.2, 0.25) is 5.02 Å². The Balaban J connectivity index is 2.65. The number of amides is 1. The molecule has 1 rings (SSSR count). The van der Waals surface area contributed by atoms with Crippen LogP contribution in [0.1, 0.15) is 32.8 Å². The molecule has 0 saturated heterocycles. The third-order valence-corrected chi connectivity index (χ3v) is 3.22. The van der Waals surface area contributed by atoms with Crippen molar-refractivity contribution in [2.75, 3.05) is 5.32 Å². The molecule has 0 spiro atoms. The van der Waals surface area contributed by atoms with Crippen LogP contribution in [0.5, 0.6) is 0 Å². The largest absolute Gasteiger partial charge is 0.327 e. The number of rotatable bonds is 3. The first-order chi connectivity index (χ1) is 8.20. The van der Waals surface area contributed by atoms with Crippen LogP contribution >= 0.6 is 11.6 Å². The van der Waals surface area contributed by atoms with E-state index in [-0.39, 0.29) is 17.4 Å². The van der Waals surface area contributed by atoms with Crippen LogP contribution in [0.4, 0.5) is 5.69 Å². The van der Waals surface area contributed by atoms with Crippen molar-refractivity contribution >= 4 is 23.2 Å². The lowest BCUT2D eigenvalue weighted by Gasteiger charge is -2.26. The van der Waals surface area contributed by atoms with Gasteiger partial charge in [0.1, 0.15) is 0 Å². The number of anilines is 1. The van der Waals surface area contributed by atoms with Crippen molar-refractivity contribution in [3.8, 4) is 0 Å². The van der Waals surface area contributed by atoms with Crippen LogP contribution in [0, 0.1) is 12.3 Å². The molecule has 3 N–H and O–H groups in total. The molecule has 1 aromatic carbocycles. The first-order valence-electron chi connectivity index (χ1n) is 6.01. The predicted molar refractivity (Wildman–Crippen MR) is 76.9 cm³/mol. The smallest absolute Gasteiger partial charge is 0.225 e. The second kappa shape index (κ2) is 5.72. The third kappa shape index (κ3) is 4.31. The minimum Gasteiger partial charge on any atom is -0.327 e. The maximum atomic E-state index is 11.9. The van der Waals surface area contributed by atoms with Gasteiger partial charge in [0.15, 0.2) is 0 Å². The second-order valence-electron chi connectivity index (χ2n) is 5.68. The number of hydrogen-bond acceptors (Lipinski definition) is 2. The van der Waals surface area contributed by atoms with Gasteiger partial charge < -0.3 is 11.1 Å².